The molecule has 0 N–H and O–H groups in total. The lowest BCUT2D eigenvalue weighted by Crippen LogP contribution is -2.46. The summed E-state index contributed by atoms with van der Waals surface area (Å²) in [7, 11) is 0.227. The molecular weight excluding hydrogens is 331 g/mol. The minimum Gasteiger partial charge on any atom is -0.497 e. The van der Waals surface area contributed by atoms with Gasteiger partial charge in [-0.25, -0.2) is 9.34 Å². The van der Waals surface area contributed by atoms with Gasteiger partial charge in [-0.3, -0.25) is 4.57 Å². The van der Waals surface area contributed by atoms with E-state index in [9.17, 15) is 4.57 Å². The van der Waals surface area contributed by atoms with Gasteiger partial charge < -0.3 is 18.9 Å². The van der Waals surface area contributed by atoms with E-state index in [1.54, 1.807) is 20.3 Å². The average Bonchev–Trinajstić information content (AvgIpc) is 2.68. The van der Waals surface area contributed by atoms with Crippen molar-refractivity contribution < 1.29 is 23.5 Å². The third kappa shape index (κ3) is 3.32. The largest absolute Gasteiger partial charge is 0.497 e. The number of hydrogen-bond donors (Lipinski definition) is 0. The molecule has 1 aromatic carbocycles. The first-order valence-corrected chi connectivity index (χ1v) is 9.80. The van der Waals surface area contributed by atoms with Crippen LogP contribution in [0.1, 0.15) is 0 Å². The Balaban J connectivity index is 2.05. The Kier molecular flexibility index (Phi) is 5.79. The highest BCUT2D eigenvalue weighted by molar-refractivity contribution is 7.67. The molecule has 2 fully saturated rings. The molecule has 0 amide bonds. The van der Waals surface area contributed by atoms with Crippen molar-refractivity contribution in [3.8, 4) is 11.5 Å². The van der Waals surface area contributed by atoms with Crippen LogP contribution in [-0.4, -0.2) is 76.2 Å². The van der Waals surface area contributed by atoms with Gasteiger partial charge in [0.1, 0.15) is 11.5 Å². The number of methoxy groups -OCH3 is 2. The molecule has 0 spiro atoms. The van der Waals surface area contributed by atoms with Crippen LogP contribution in [0.5, 0.6) is 11.5 Å². The van der Waals surface area contributed by atoms with Crippen molar-refractivity contribution in [1.29, 1.82) is 0 Å². The second kappa shape index (κ2) is 7.85. The third-order valence-corrected chi connectivity index (χ3v) is 7.77. The van der Waals surface area contributed by atoms with E-state index in [-0.39, 0.29) is 0 Å². The zero-order valence-corrected chi connectivity index (χ0v) is 15.2. The summed E-state index contributed by atoms with van der Waals surface area (Å²) in [6.45, 7) is 4.93. The first kappa shape index (κ1) is 17.7. The van der Waals surface area contributed by atoms with Crippen LogP contribution in [0.25, 0.3) is 0 Å². The van der Waals surface area contributed by atoms with Gasteiger partial charge in [0.2, 0.25) is 7.44 Å². The normalized spacial score (nSPS) is 20.8. The van der Waals surface area contributed by atoms with Crippen molar-refractivity contribution in [2.45, 2.75) is 0 Å². The van der Waals surface area contributed by atoms with Crippen molar-refractivity contribution >= 4 is 12.7 Å². The van der Waals surface area contributed by atoms with Gasteiger partial charge in [0.25, 0.3) is 0 Å². The average molecular weight is 356 g/mol. The van der Waals surface area contributed by atoms with Crippen LogP contribution < -0.4 is 14.8 Å². The molecule has 0 saturated carbocycles. The van der Waals surface area contributed by atoms with Crippen molar-refractivity contribution in [2.75, 3.05) is 66.8 Å². The van der Waals surface area contributed by atoms with E-state index >= 15 is 0 Å². The van der Waals surface area contributed by atoms with Crippen LogP contribution in [0.15, 0.2) is 18.2 Å². The summed E-state index contributed by atoms with van der Waals surface area (Å²) in [6, 6.07) is 5.50. The lowest BCUT2D eigenvalue weighted by molar-refractivity contribution is 0.0538. The second-order valence-corrected chi connectivity index (χ2v) is 8.42. The van der Waals surface area contributed by atoms with Crippen LogP contribution in [0, 0.1) is 0 Å². The molecule has 1 aromatic rings. The van der Waals surface area contributed by atoms with Gasteiger partial charge in [0.05, 0.1) is 46.0 Å². The molecule has 2 aliphatic rings. The van der Waals surface area contributed by atoms with Gasteiger partial charge in [-0.05, 0) is 12.1 Å². The predicted octanol–water partition coefficient (Wildman–Crippen LogP) is 1.19. The highest BCUT2D eigenvalue weighted by atomic mass is 31.2. The van der Waals surface area contributed by atoms with E-state index in [4.69, 9.17) is 18.9 Å². The Morgan fingerprint density at radius 2 is 1.46 bits per heavy atom. The molecule has 2 heterocycles. The minimum atomic E-state index is -2.98. The molecule has 134 valence electrons. The Hall–Kier alpha value is -1.11. The molecule has 8 heteroatoms. The molecule has 0 atom stereocenters. The number of ether oxygens (including phenoxy) is 4. The molecule has 2 saturated heterocycles. The fraction of sp³-hybridized carbons (Fsp3) is 0.625. The van der Waals surface area contributed by atoms with Crippen molar-refractivity contribution in [3.63, 3.8) is 0 Å². The van der Waals surface area contributed by atoms with Gasteiger partial charge in [-0.2, -0.15) is 0 Å². The van der Waals surface area contributed by atoms with Gasteiger partial charge in [-0.1, -0.05) is 0 Å². The monoisotopic (exact) mass is 356 g/mol. The molecule has 3 rings (SSSR count). The maximum atomic E-state index is 14.3. The Labute approximate surface area is 142 Å². The first-order chi connectivity index (χ1) is 11.7. The number of rotatable bonds is 5. The number of morpholine rings is 2. The van der Waals surface area contributed by atoms with Crippen LogP contribution in [-0.2, 0) is 14.0 Å². The molecule has 24 heavy (non-hydrogen) atoms. The molecular formula is C16H25N2O5P. The summed E-state index contributed by atoms with van der Waals surface area (Å²) in [5, 5.41) is 0.717. The number of hydrogen-bond acceptors (Lipinski definition) is 5. The van der Waals surface area contributed by atoms with Gasteiger partial charge >= 0.3 is 0 Å². The fourth-order valence-electron chi connectivity index (χ4n) is 3.16. The summed E-state index contributed by atoms with van der Waals surface area (Å²) in [5.41, 5.74) is 0. The quantitative estimate of drug-likeness (QED) is 0.735. The zero-order valence-electron chi connectivity index (χ0n) is 14.3. The first-order valence-electron chi connectivity index (χ1n) is 8.19. The summed E-state index contributed by atoms with van der Waals surface area (Å²) < 4.78 is 40.2. The van der Waals surface area contributed by atoms with Gasteiger partial charge in [0.15, 0.2) is 0 Å². The van der Waals surface area contributed by atoms with Crippen LogP contribution in [0.4, 0.5) is 0 Å². The number of benzene rings is 1. The Bertz CT molecular complexity index is 578. The van der Waals surface area contributed by atoms with Crippen LogP contribution >= 0.6 is 7.44 Å². The maximum absolute atomic E-state index is 14.3. The second-order valence-electron chi connectivity index (χ2n) is 5.71. The minimum absolute atomic E-state index is 0.590. The molecule has 0 aromatic heterocycles. The highest BCUT2D eigenvalue weighted by Crippen LogP contribution is 2.54. The summed E-state index contributed by atoms with van der Waals surface area (Å²) >= 11 is 0. The standard InChI is InChI=1S/C16H25N2O5P/c1-20-14-3-4-16(15(13-14)21-2)24(19,17-5-9-22-10-6-17)18-7-11-23-12-8-18/h3-4,13H,5-12H2,1-2H3. The van der Waals surface area contributed by atoms with E-state index in [1.165, 1.54) is 0 Å². The Morgan fingerprint density at radius 3 is 1.92 bits per heavy atom. The molecule has 0 aliphatic carbocycles. The van der Waals surface area contributed by atoms with Crippen molar-refractivity contribution in [1.82, 2.24) is 9.34 Å². The maximum Gasteiger partial charge on any atom is 0.249 e. The van der Waals surface area contributed by atoms with E-state index in [0.717, 1.165) is 5.30 Å². The molecule has 0 bridgehead atoms. The highest BCUT2D eigenvalue weighted by Gasteiger charge is 2.42. The van der Waals surface area contributed by atoms with Crippen LogP contribution in [0.2, 0.25) is 0 Å². The molecule has 7 nitrogen and oxygen atoms in total. The van der Waals surface area contributed by atoms with E-state index in [0.29, 0.717) is 64.1 Å². The smallest absolute Gasteiger partial charge is 0.249 e. The predicted molar refractivity (Wildman–Crippen MR) is 91.6 cm³/mol. The number of nitrogens with zero attached hydrogens (tertiary/aromatic N) is 2. The van der Waals surface area contributed by atoms with Crippen LogP contribution in [0.3, 0.4) is 0 Å². The Morgan fingerprint density at radius 1 is 0.917 bits per heavy atom. The van der Waals surface area contributed by atoms with Crippen molar-refractivity contribution in [2.24, 2.45) is 0 Å². The van der Waals surface area contributed by atoms with Gasteiger partial charge in [0, 0.05) is 32.2 Å². The molecule has 0 radical (unpaired) electrons. The van der Waals surface area contributed by atoms with Crippen molar-refractivity contribution in [3.05, 3.63) is 18.2 Å². The topological polar surface area (TPSA) is 60.5 Å². The van der Waals surface area contributed by atoms with Gasteiger partial charge in [-0.15, -0.1) is 0 Å². The summed E-state index contributed by atoms with van der Waals surface area (Å²) in [5.74, 6) is 1.28. The van der Waals surface area contributed by atoms with E-state index in [2.05, 4.69) is 0 Å². The molecule has 0 unspecified atom stereocenters. The summed E-state index contributed by atoms with van der Waals surface area (Å²) in [6.07, 6.45) is 0. The summed E-state index contributed by atoms with van der Waals surface area (Å²) in [4.78, 5) is 0. The lowest BCUT2D eigenvalue weighted by atomic mass is 10.3. The fourth-order valence-corrected chi connectivity index (χ4v) is 6.25. The van der Waals surface area contributed by atoms with E-state index in [1.807, 2.05) is 21.5 Å². The lowest BCUT2D eigenvalue weighted by Gasteiger charge is -2.42. The molecule has 2 aliphatic heterocycles. The van der Waals surface area contributed by atoms with E-state index < -0.39 is 7.44 Å². The zero-order chi connectivity index (χ0) is 17.0. The SMILES string of the molecule is COc1ccc(P(=O)(N2CCOCC2)N2CCOCC2)c(OC)c1. The third-order valence-electron chi connectivity index (χ3n) is 4.44.